The van der Waals surface area contributed by atoms with Crippen LogP contribution in [-0.4, -0.2) is 13.6 Å². The Morgan fingerprint density at radius 3 is 2.64 bits per heavy atom. The molecule has 0 amide bonds. The molecule has 2 aliphatic carbocycles. The molecule has 0 aromatic heterocycles. The highest BCUT2D eigenvalue weighted by Gasteiger charge is 2.16. The summed E-state index contributed by atoms with van der Waals surface area (Å²) in [6.45, 7) is 6.97. The highest BCUT2D eigenvalue weighted by atomic mass is 28.2. The van der Waals surface area contributed by atoms with Crippen molar-refractivity contribution < 1.29 is 0 Å². The zero-order valence-corrected chi connectivity index (χ0v) is 10.0. The van der Waals surface area contributed by atoms with Crippen LogP contribution in [0.2, 0.25) is 13.1 Å². The lowest BCUT2D eigenvalue weighted by Gasteiger charge is -2.07. The summed E-state index contributed by atoms with van der Waals surface area (Å²) in [6, 6.07) is 0. The van der Waals surface area contributed by atoms with Gasteiger partial charge < -0.3 is 0 Å². The minimum absolute atomic E-state index is 0.298. The van der Waals surface area contributed by atoms with Gasteiger partial charge in [0.1, 0.15) is 0 Å². The van der Waals surface area contributed by atoms with Crippen molar-refractivity contribution in [3.05, 3.63) is 47.6 Å². The summed E-state index contributed by atoms with van der Waals surface area (Å²) >= 11 is 0. The van der Waals surface area contributed by atoms with Crippen molar-refractivity contribution in [3.63, 3.8) is 0 Å². The molecule has 0 N–H and O–H groups in total. The van der Waals surface area contributed by atoms with Crippen LogP contribution in [0, 0.1) is 5.92 Å². The summed E-state index contributed by atoms with van der Waals surface area (Å²) in [6.07, 6.45) is 13.5. The molecule has 1 atom stereocenters. The highest BCUT2D eigenvalue weighted by Crippen LogP contribution is 2.28. The second kappa shape index (κ2) is 3.66. The van der Waals surface area contributed by atoms with Crippen molar-refractivity contribution in [2.75, 3.05) is 0 Å². The van der Waals surface area contributed by atoms with E-state index in [1.54, 1.807) is 5.17 Å². The maximum Gasteiger partial charge on any atom is 0.0128 e. The molecule has 0 spiro atoms. The number of hydrogen-bond acceptors (Lipinski definition) is 0. The van der Waals surface area contributed by atoms with Crippen molar-refractivity contribution >= 4 is 13.6 Å². The molecule has 0 aromatic rings. The summed E-state index contributed by atoms with van der Waals surface area (Å²) in [4.78, 5) is 0. The van der Waals surface area contributed by atoms with Gasteiger partial charge in [-0.3, -0.25) is 0 Å². The topological polar surface area (TPSA) is 0 Å². The van der Waals surface area contributed by atoms with Crippen molar-refractivity contribution in [2.45, 2.75) is 20.0 Å². The zero-order valence-electron chi connectivity index (χ0n) is 9.04. The molecule has 0 aromatic carbocycles. The van der Waals surface area contributed by atoms with Crippen LogP contribution in [-0.2, 0) is 0 Å². The Bertz CT molecular complexity index is 399. The summed E-state index contributed by atoms with van der Waals surface area (Å²) in [5.41, 5.74) is 2.92. The van der Waals surface area contributed by atoms with Gasteiger partial charge in [0.25, 0.3) is 0 Å². The van der Waals surface area contributed by atoms with Crippen LogP contribution in [0.5, 0.6) is 0 Å². The number of allylic oxidation sites excluding steroid dienone is 8. The first kappa shape index (κ1) is 9.60. The van der Waals surface area contributed by atoms with Crippen LogP contribution in [0.15, 0.2) is 47.6 Å². The highest BCUT2D eigenvalue weighted by molar-refractivity contribution is 6.73. The molecule has 0 saturated carbocycles. The van der Waals surface area contributed by atoms with E-state index in [4.69, 9.17) is 0 Å². The fraction of sp³-hybridized carbons (Fsp3) is 0.308. The van der Waals surface area contributed by atoms with E-state index in [0.29, 0.717) is 5.92 Å². The monoisotopic (exact) mass is 200 g/mol. The smallest absolute Gasteiger partial charge is 0.0128 e. The van der Waals surface area contributed by atoms with E-state index in [9.17, 15) is 0 Å². The first-order chi connectivity index (χ1) is 6.68. The molecular formula is C13H16Si. The SMILES string of the molecule is CC1C=CC=CC2=CC(=[Si](C)C)C=C21. The van der Waals surface area contributed by atoms with Crippen LogP contribution in [0.4, 0.5) is 0 Å². The fourth-order valence-electron chi connectivity index (χ4n) is 1.86. The number of hydrogen-bond donors (Lipinski definition) is 0. The fourth-order valence-corrected chi connectivity index (χ4v) is 2.75. The predicted molar refractivity (Wildman–Crippen MR) is 66.1 cm³/mol. The minimum atomic E-state index is -0.298. The molecule has 0 nitrogen and oxygen atoms in total. The second-order valence-corrected chi connectivity index (χ2v) is 6.76. The number of rotatable bonds is 0. The Hall–Kier alpha value is -0.953. The minimum Gasteiger partial charge on any atom is -0.0773 e. The third kappa shape index (κ3) is 1.64. The Labute approximate surface area is 87.6 Å². The lowest BCUT2D eigenvalue weighted by Crippen LogP contribution is -2.01. The van der Waals surface area contributed by atoms with Crippen LogP contribution in [0.3, 0.4) is 0 Å². The summed E-state index contributed by atoms with van der Waals surface area (Å²) in [5.74, 6) is 0.565. The predicted octanol–water partition coefficient (Wildman–Crippen LogP) is 3.12. The Morgan fingerprint density at radius 1 is 1.14 bits per heavy atom. The largest absolute Gasteiger partial charge is 0.0773 e. The van der Waals surface area contributed by atoms with Gasteiger partial charge in [-0.05, 0) is 22.2 Å². The van der Waals surface area contributed by atoms with Crippen molar-refractivity contribution in [1.82, 2.24) is 0 Å². The Morgan fingerprint density at radius 2 is 1.93 bits per heavy atom. The maximum absolute atomic E-state index is 2.40. The summed E-state index contributed by atoms with van der Waals surface area (Å²) in [5, 5.41) is 1.56. The van der Waals surface area contributed by atoms with Gasteiger partial charge in [0.05, 0.1) is 0 Å². The van der Waals surface area contributed by atoms with Gasteiger partial charge in [-0.2, -0.15) is 0 Å². The summed E-state index contributed by atoms with van der Waals surface area (Å²) < 4.78 is 0. The molecule has 1 heteroatoms. The molecule has 2 rings (SSSR count). The number of fused-ring (bicyclic) bond motifs is 1. The van der Waals surface area contributed by atoms with E-state index in [0.717, 1.165) is 0 Å². The molecule has 0 fully saturated rings. The second-order valence-electron chi connectivity index (χ2n) is 4.19. The zero-order chi connectivity index (χ0) is 10.1. The first-order valence-electron chi connectivity index (χ1n) is 5.14. The van der Waals surface area contributed by atoms with E-state index in [1.807, 2.05) is 0 Å². The van der Waals surface area contributed by atoms with Gasteiger partial charge in [0.15, 0.2) is 0 Å². The van der Waals surface area contributed by atoms with Gasteiger partial charge >= 0.3 is 0 Å². The van der Waals surface area contributed by atoms with Crippen LogP contribution in [0.1, 0.15) is 6.92 Å². The maximum atomic E-state index is 2.40. The third-order valence-electron chi connectivity index (χ3n) is 2.81. The van der Waals surface area contributed by atoms with E-state index in [2.05, 4.69) is 56.5 Å². The average molecular weight is 200 g/mol. The van der Waals surface area contributed by atoms with Gasteiger partial charge in [0, 0.05) is 8.41 Å². The van der Waals surface area contributed by atoms with E-state index in [1.165, 1.54) is 11.1 Å². The average Bonchev–Trinajstić information content (AvgIpc) is 2.49. The standard InChI is InChI=1S/C13H16Si/c1-10-6-4-5-7-11-8-12(14(2)3)9-13(10)11/h4-10H,1-3H3. The van der Waals surface area contributed by atoms with E-state index >= 15 is 0 Å². The van der Waals surface area contributed by atoms with E-state index in [-0.39, 0.29) is 8.41 Å². The van der Waals surface area contributed by atoms with Gasteiger partial charge in [0.2, 0.25) is 0 Å². The molecule has 0 radical (unpaired) electrons. The molecular weight excluding hydrogens is 184 g/mol. The Kier molecular flexibility index (Phi) is 2.51. The Balaban J connectivity index is 2.48. The molecule has 14 heavy (non-hydrogen) atoms. The lowest BCUT2D eigenvalue weighted by atomic mass is 9.98. The molecule has 2 aliphatic rings. The van der Waals surface area contributed by atoms with Crippen LogP contribution >= 0.6 is 0 Å². The molecule has 0 bridgehead atoms. The van der Waals surface area contributed by atoms with Crippen LogP contribution < -0.4 is 0 Å². The summed E-state index contributed by atoms with van der Waals surface area (Å²) in [7, 11) is -0.298. The normalized spacial score (nSPS) is 24.2. The van der Waals surface area contributed by atoms with Crippen molar-refractivity contribution in [2.24, 2.45) is 5.92 Å². The molecule has 0 heterocycles. The molecule has 0 aliphatic heterocycles. The van der Waals surface area contributed by atoms with Crippen LogP contribution in [0.25, 0.3) is 0 Å². The molecule has 72 valence electrons. The first-order valence-corrected chi connectivity index (χ1v) is 7.64. The van der Waals surface area contributed by atoms with Gasteiger partial charge in [-0.1, -0.05) is 56.5 Å². The third-order valence-corrected chi connectivity index (χ3v) is 4.25. The van der Waals surface area contributed by atoms with Crippen molar-refractivity contribution in [1.29, 1.82) is 0 Å². The van der Waals surface area contributed by atoms with E-state index < -0.39 is 0 Å². The quantitative estimate of drug-likeness (QED) is 0.527. The van der Waals surface area contributed by atoms with Gasteiger partial charge in [-0.15, -0.1) is 0 Å². The van der Waals surface area contributed by atoms with Gasteiger partial charge in [-0.25, -0.2) is 0 Å². The molecule has 1 unspecified atom stereocenters. The lowest BCUT2D eigenvalue weighted by molar-refractivity contribution is 0.888. The molecule has 0 saturated heterocycles. The van der Waals surface area contributed by atoms with Crippen molar-refractivity contribution in [3.8, 4) is 0 Å².